The third-order valence-electron chi connectivity index (χ3n) is 4.78. The van der Waals surface area contributed by atoms with Gasteiger partial charge in [0.25, 0.3) is 5.91 Å². The van der Waals surface area contributed by atoms with Crippen LogP contribution in [0.25, 0.3) is 11.1 Å². The Hall–Kier alpha value is -3.54. The summed E-state index contributed by atoms with van der Waals surface area (Å²) in [7, 11) is 0. The third kappa shape index (κ3) is 5.75. The maximum absolute atomic E-state index is 13.6. The molecule has 3 aromatic rings. The molecule has 0 saturated heterocycles. The standard InChI is InChI=1S/C25H23F2NO3/c1-2-23(29)25(26,27)24(30)28-16-18-11-13-20(14-12-18)21-9-6-10-22(15-21)31-17-19-7-4-3-5-8-19/h3-15H,2,16-17H2,1H3,(H,28,30). The summed E-state index contributed by atoms with van der Waals surface area (Å²) >= 11 is 0. The van der Waals surface area contributed by atoms with Crippen LogP contribution in [-0.4, -0.2) is 17.6 Å². The van der Waals surface area contributed by atoms with Crippen molar-refractivity contribution in [3.8, 4) is 16.9 Å². The van der Waals surface area contributed by atoms with E-state index in [1.54, 1.807) is 12.1 Å². The molecule has 0 aliphatic carbocycles. The number of amides is 1. The molecule has 0 fully saturated rings. The number of rotatable bonds is 9. The van der Waals surface area contributed by atoms with E-state index in [1.807, 2.05) is 66.7 Å². The second kappa shape index (κ2) is 9.98. The molecule has 31 heavy (non-hydrogen) atoms. The fourth-order valence-electron chi connectivity index (χ4n) is 2.96. The number of carbonyl (C=O) groups excluding carboxylic acids is 2. The van der Waals surface area contributed by atoms with Crippen LogP contribution in [0.15, 0.2) is 78.9 Å². The number of hydrogen-bond acceptors (Lipinski definition) is 3. The lowest BCUT2D eigenvalue weighted by molar-refractivity contribution is -0.158. The second-order valence-electron chi connectivity index (χ2n) is 7.03. The molecule has 0 heterocycles. The van der Waals surface area contributed by atoms with E-state index in [-0.39, 0.29) is 6.54 Å². The van der Waals surface area contributed by atoms with Crippen LogP contribution in [0.4, 0.5) is 8.78 Å². The summed E-state index contributed by atoms with van der Waals surface area (Å²) in [6, 6.07) is 24.7. The van der Waals surface area contributed by atoms with Crippen molar-refractivity contribution >= 4 is 11.7 Å². The number of alkyl halides is 2. The van der Waals surface area contributed by atoms with Crippen LogP contribution in [0, 0.1) is 0 Å². The van der Waals surface area contributed by atoms with E-state index in [0.717, 1.165) is 22.4 Å². The largest absolute Gasteiger partial charge is 0.489 e. The zero-order chi connectivity index (χ0) is 22.3. The van der Waals surface area contributed by atoms with Crippen LogP contribution in [-0.2, 0) is 22.7 Å². The fraction of sp³-hybridized carbons (Fsp3) is 0.200. The van der Waals surface area contributed by atoms with Crippen molar-refractivity contribution < 1.29 is 23.1 Å². The minimum absolute atomic E-state index is 0.0913. The zero-order valence-corrected chi connectivity index (χ0v) is 17.1. The van der Waals surface area contributed by atoms with E-state index in [4.69, 9.17) is 4.74 Å². The average Bonchev–Trinajstić information content (AvgIpc) is 2.81. The molecule has 0 saturated carbocycles. The normalized spacial score (nSPS) is 11.1. The minimum Gasteiger partial charge on any atom is -0.489 e. The number of ketones is 1. The molecule has 0 unspecified atom stereocenters. The highest BCUT2D eigenvalue weighted by atomic mass is 19.3. The average molecular weight is 423 g/mol. The maximum Gasteiger partial charge on any atom is 0.381 e. The predicted molar refractivity (Wildman–Crippen MR) is 115 cm³/mol. The van der Waals surface area contributed by atoms with Gasteiger partial charge in [0.1, 0.15) is 12.4 Å². The Kier molecular flexibility index (Phi) is 7.13. The number of benzene rings is 3. The molecule has 0 atom stereocenters. The molecular formula is C25H23F2NO3. The Morgan fingerprint density at radius 2 is 1.58 bits per heavy atom. The van der Waals surface area contributed by atoms with Crippen LogP contribution in [0.1, 0.15) is 24.5 Å². The summed E-state index contributed by atoms with van der Waals surface area (Å²) in [5.41, 5.74) is 3.59. The highest BCUT2D eigenvalue weighted by Gasteiger charge is 2.45. The van der Waals surface area contributed by atoms with Gasteiger partial charge in [-0.25, -0.2) is 0 Å². The molecule has 160 valence electrons. The molecule has 1 amide bonds. The van der Waals surface area contributed by atoms with Crippen LogP contribution in [0.2, 0.25) is 0 Å². The monoisotopic (exact) mass is 423 g/mol. The van der Waals surface area contributed by atoms with E-state index in [1.165, 1.54) is 6.92 Å². The van der Waals surface area contributed by atoms with Gasteiger partial charge < -0.3 is 10.1 Å². The van der Waals surface area contributed by atoms with Crippen LogP contribution in [0.5, 0.6) is 5.75 Å². The molecule has 0 aliphatic heterocycles. The summed E-state index contributed by atoms with van der Waals surface area (Å²) in [5, 5.41) is 2.13. The first-order chi connectivity index (χ1) is 14.9. The van der Waals surface area contributed by atoms with Gasteiger partial charge in [0, 0.05) is 13.0 Å². The van der Waals surface area contributed by atoms with Crippen molar-refractivity contribution in [2.24, 2.45) is 0 Å². The first-order valence-corrected chi connectivity index (χ1v) is 9.95. The highest BCUT2D eigenvalue weighted by molar-refractivity contribution is 6.07. The van der Waals surface area contributed by atoms with Gasteiger partial charge in [-0.3, -0.25) is 9.59 Å². The number of Topliss-reactive ketones (excluding diaryl/α,β-unsaturated/α-hetero) is 1. The fourth-order valence-corrected chi connectivity index (χ4v) is 2.96. The quantitative estimate of drug-likeness (QED) is 0.484. The molecule has 4 nitrogen and oxygen atoms in total. The molecule has 0 aliphatic rings. The van der Waals surface area contributed by atoms with E-state index < -0.39 is 24.0 Å². The molecule has 0 bridgehead atoms. The summed E-state index contributed by atoms with van der Waals surface area (Å²) < 4.78 is 33.1. The molecule has 3 aromatic carbocycles. The van der Waals surface area contributed by atoms with Gasteiger partial charge in [-0.05, 0) is 34.4 Å². The third-order valence-corrected chi connectivity index (χ3v) is 4.78. The van der Waals surface area contributed by atoms with Crippen molar-refractivity contribution in [2.75, 3.05) is 0 Å². The van der Waals surface area contributed by atoms with Gasteiger partial charge in [-0.1, -0.05) is 73.7 Å². The number of hydrogen-bond donors (Lipinski definition) is 1. The summed E-state index contributed by atoms with van der Waals surface area (Å²) in [4.78, 5) is 22.9. The van der Waals surface area contributed by atoms with Crippen LogP contribution >= 0.6 is 0 Å². The van der Waals surface area contributed by atoms with E-state index >= 15 is 0 Å². The van der Waals surface area contributed by atoms with Gasteiger partial charge in [-0.2, -0.15) is 8.78 Å². The lowest BCUT2D eigenvalue weighted by Crippen LogP contribution is -2.45. The van der Waals surface area contributed by atoms with Gasteiger partial charge in [0.05, 0.1) is 0 Å². The van der Waals surface area contributed by atoms with E-state index in [2.05, 4.69) is 5.32 Å². The summed E-state index contributed by atoms with van der Waals surface area (Å²) in [5.74, 6) is -6.24. The topological polar surface area (TPSA) is 55.4 Å². The number of nitrogens with one attached hydrogen (secondary N) is 1. The maximum atomic E-state index is 13.6. The van der Waals surface area contributed by atoms with Crippen molar-refractivity contribution in [3.05, 3.63) is 90.0 Å². The Balaban J connectivity index is 1.61. The van der Waals surface area contributed by atoms with Crippen LogP contribution < -0.4 is 10.1 Å². The van der Waals surface area contributed by atoms with E-state index in [9.17, 15) is 18.4 Å². The summed E-state index contributed by atoms with van der Waals surface area (Å²) in [6.07, 6.45) is -0.400. The Labute approximate surface area is 179 Å². The number of halogens is 2. The Bertz CT molecular complexity index is 1030. The van der Waals surface area contributed by atoms with E-state index in [0.29, 0.717) is 12.2 Å². The van der Waals surface area contributed by atoms with Crippen molar-refractivity contribution in [2.45, 2.75) is 32.4 Å². The minimum atomic E-state index is -4.01. The second-order valence-corrected chi connectivity index (χ2v) is 7.03. The molecular weight excluding hydrogens is 400 g/mol. The first kappa shape index (κ1) is 22.2. The van der Waals surface area contributed by atoms with Crippen molar-refractivity contribution in [1.82, 2.24) is 5.32 Å². The van der Waals surface area contributed by atoms with Gasteiger partial charge in [-0.15, -0.1) is 0 Å². The SMILES string of the molecule is CCC(=O)C(F)(F)C(=O)NCc1ccc(-c2cccc(OCc3ccccc3)c2)cc1. The Morgan fingerprint density at radius 3 is 2.26 bits per heavy atom. The first-order valence-electron chi connectivity index (χ1n) is 9.95. The smallest absolute Gasteiger partial charge is 0.381 e. The van der Waals surface area contributed by atoms with Crippen molar-refractivity contribution in [1.29, 1.82) is 0 Å². The predicted octanol–water partition coefficient (Wildman–Crippen LogP) is 5.16. The Morgan fingerprint density at radius 1 is 0.871 bits per heavy atom. The van der Waals surface area contributed by atoms with Crippen molar-refractivity contribution in [3.63, 3.8) is 0 Å². The van der Waals surface area contributed by atoms with Gasteiger partial charge >= 0.3 is 5.92 Å². The lowest BCUT2D eigenvalue weighted by atomic mass is 10.0. The lowest BCUT2D eigenvalue weighted by Gasteiger charge is -2.14. The number of carbonyl (C=O) groups is 2. The molecule has 3 rings (SSSR count). The van der Waals surface area contributed by atoms with Crippen LogP contribution in [0.3, 0.4) is 0 Å². The highest BCUT2D eigenvalue weighted by Crippen LogP contribution is 2.25. The van der Waals surface area contributed by atoms with Gasteiger partial charge in [0.15, 0.2) is 0 Å². The molecule has 0 aromatic heterocycles. The molecule has 0 radical (unpaired) electrons. The zero-order valence-electron chi connectivity index (χ0n) is 17.1. The molecule has 0 spiro atoms. The molecule has 6 heteroatoms. The number of ether oxygens (including phenoxy) is 1. The van der Waals surface area contributed by atoms with Gasteiger partial charge in [0.2, 0.25) is 5.78 Å². The molecule has 1 N–H and O–H groups in total. The summed E-state index contributed by atoms with van der Waals surface area (Å²) in [6.45, 7) is 1.67.